The maximum absolute atomic E-state index is 12.2. The molecule has 0 bridgehead atoms. The zero-order valence-corrected chi connectivity index (χ0v) is 26.3. The molecule has 0 saturated carbocycles. The highest BCUT2D eigenvalue weighted by Gasteiger charge is 2.19. The van der Waals surface area contributed by atoms with E-state index >= 15 is 0 Å². The van der Waals surface area contributed by atoms with Gasteiger partial charge in [-0.3, -0.25) is 4.79 Å². The smallest absolute Gasteiger partial charge is 0.220 e. The number of allylic oxidation sites excluding steroid dienone is 14. The van der Waals surface area contributed by atoms with Crippen molar-refractivity contribution in [3.8, 4) is 0 Å². The van der Waals surface area contributed by atoms with Gasteiger partial charge in [0.1, 0.15) is 0 Å². The van der Waals surface area contributed by atoms with Crippen molar-refractivity contribution in [1.82, 2.24) is 5.32 Å². The van der Waals surface area contributed by atoms with Gasteiger partial charge in [0.2, 0.25) is 5.91 Å². The Balaban J connectivity index is 3.70. The number of nitrogens with one attached hydrogen (secondary N) is 1. The van der Waals surface area contributed by atoms with Gasteiger partial charge in [-0.15, -0.1) is 0 Å². The van der Waals surface area contributed by atoms with Gasteiger partial charge in [-0.25, -0.2) is 0 Å². The molecular formula is C37H61NO3. The van der Waals surface area contributed by atoms with Crippen LogP contribution in [0.1, 0.15) is 123 Å². The Kier molecular flexibility index (Phi) is 30.2. The molecule has 0 aromatic heterocycles. The van der Waals surface area contributed by atoms with Crippen molar-refractivity contribution in [1.29, 1.82) is 0 Å². The molecule has 4 heteroatoms. The van der Waals surface area contributed by atoms with Crippen LogP contribution in [0.4, 0.5) is 0 Å². The number of rotatable bonds is 27. The number of amides is 1. The molecule has 0 aliphatic carbocycles. The van der Waals surface area contributed by atoms with Gasteiger partial charge in [-0.05, 0) is 70.6 Å². The van der Waals surface area contributed by atoms with E-state index in [0.29, 0.717) is 12.8 Å². The van der Waals surface area contributed by atoms with Gasteiger partial charge in [0.25, 0.3) is 0 Å². The second kappa shape index (κ2) is 32.1. The first-order valence-electron chi connectivity index (χ1n) is 16.3. The number of unbranched alkanes of at least 4 members (excludes halogenated alkanes) is 6. The number of carbonyl (C=O) groups is 1. The lowest BCUT2D eigenvalue weighted by molar-refractivity contribution is -0.123. The minimum Gasteiger partial charge on any atom is -0.394 e. The van der Waals surface area contributed by atoms with E-state index in [1.807, 2.05) is 0 Å². The van der Waals surface area contributed by atoms with Crippen LogP contribution in [0.25, 0.3) is 0 Å². The van der Waals surface area contributed by atoms with Crippen molar-refractivity contribution in [3.05, 3.63) is 85.1 Å². The van der Waals surface area contributed by atoms with E-state index in [1.165, 1.54) is 0 Å². The van der Waals surface area contributed by atoms with E-state index in [-0.39, 0.29) is 12.5 Å². The quantitative estimate of drug-likeness (QED) is 0.0684. The van der Waals surface area contributed by atoms with E-state index in [9.17, 15) is 15.0 Å². The average molecular weight is 568 g/mol. The average Bonchev–Trinajstić information content (AvgIpc) is 2.98. The number of aliphatic hydroxyl groups excluding tert-OH is 2. The third-order valence-corrected chi connectivity index (χ3v) is 6.67. The third kappa shape index (κ3) is 28.9. The summed E-state index contributed by atoms with van der Waals surface area (Å²) >= 11 is 0. The molecule has 2 unspecified atom stereocenters. The molecule has 41 heavy (non-hydrogen) atoms. The molecule has 0 heterocycles. The maximum atomic E-state index is 12.2. The van der Waals surface area contributed by atoms with Crippen LogP contribution < -0.4 is 5.32 Å². The molecule has 0 aliphatic rings. The lowest BCUT2D eigenvalue weighted by Gasteiger charge is -2.22. The predicted octanol–water partition coefficient (Wildman–Crippen LogP) is 9.39. The largest absolute Gasteiger partial charge is 0.394 e. The lowest BCUT2D eigenvalue weighted by atomic mass is 10.0. The summed E-state index contributed by atoms with van der Waals surface area (Å²) in [5.41, 5.74) is 0. The second-order valence-corrected chi connectivity index (χ2v) is 10.5. The minimum atomic E-state index is -0.674. The fourth-order valence-corrected chi connectivity index (χ4v) is 4.16. The predicted molar refractivity (Wildman–Crippen MR) is 179 cm³/mol. The topological polar surface area (TPSA) is 69.6 Å². The summed E-state index contributed by atoms with van der Waals surface area (Å²) in [6.45, 7) is 4.09. The third-order valence-electron chi connectivity index (χ3n) is 6.67. The molecule has 1 amide bonds. The SMILES string of the molecule is CC/C=C\C/C=C\C/C=C\C/C=C\C/C=C\C/C=C\C/C=C\CCCCCC(=O)NC(CO)C(O)CCCCCC. The highest BCUT2D eigenvalue weighted by Crippen LogP contribution is 2.10. The van der Waals surface area contributed by atoms with Gasteiger partial charge in [0, 0.05) is 6.42 Å². The maximum Gasteiger partial charge on any atom is 0.220 e. The van der Waals surface area contributed by atoms with Gasteiger partial charge >= 0.3 is 0 Å². The van der Waals surface area contributed by atoms with Crippen LogP contribution in [0, 0.1) is 0 Å². The summed E-state index contributed by atoms with van der Waals surface area (Å²) in [5, 5.41) is 22.5. The van der Waals surface area contributed by atoms with Gasteiger partial charge in [0.05, 0.1) is 18.8 Å². The standard InChI is InChI=1S/C37H61NO3/c1-3-5-7-9-10-11-12-13-14-15-16-17-18-19-20-21-22-23-24-25-26-27-28-29-31-33-37(41)38-35(34-39)36(40)32-30-8-6-4-2/h5,7,10-11,13-14,16-17,19-20,22-23,25-26,35-36,39-40H,3-4,6,8-9,12,15,18,21,24,27-34H2,1-2H3,(H,38,41)/b7-5-,11-10-,14-13-,17-16-,20-19-,23-22-,26-25-. The normalized spacial score (nSPS) is 14.3. The monoisotopic (exact) mass is 567 g/mol. The fourth-order valence-electron chi connectivity index (χ4n) is 4.16. The van der Waals surface area contributed by atoms with Crippen LogP contribution in [0.3, 0.4) is 0 Å². The van der Waals surface area contributed by atoms with Crippen molar-refractivity contribution in [2.75, 3.05) is 6.61 Å². The molecule has 2 atom stereocenters. The van der Waals surface area contributed by atoms with Gasteiger partial charge in [-0.2, -0.15) is 0 Å². The lowest BCUT2D eigenvalue weighted by Crippen LogP contribution is -2.45. The molecule has 232 valence electrons. The van der Waals surface area contributed by atoms with E-state index < -0.39 is 12.1 Å². The van der Waals surface area contributed by atoms with E-state index in [1.54, 1.807) is 0 Å². The summed E-state index contributed by atoms with van der Waals surface area (Å²) in [6, 6.07) is -0.555. The highest BCUT2D eigenvalue weighted by atomic mass is 16.3. The molecule has 0 radical (unpaired) electrons. The Morgan fingerprint density at radius 2 is 1.07 bits per heavy atom. The summed E-state index contributed by atoms with van der Waals surface area (Å²) in [5.74, 6) is -0.0788. The fraction of sp³-hybridized carbons (Fsp3) is 0.595. The van der Waals surface area contributed by atoms with Crippen molar-refractivity contribution in [2.24, 2.45) is 0 Å². The van der Waals surface area contributed by atoms with Crippen molar-refractivity contribution < 1.29 is 15.0 Å². The molecule has 0 fully saturated rings. The Morgan fingerprint density at radius 1 is 0.610 bits per heavy atom. The number of carbonyl (C=O) groups excluding carboxylic acids is 1. The first-order valence-corrected chi connectivity index (χ1v) is 16.3. The summed E-state index contributed by atoms with van der Waals surface area (Å²) in [6.07, 6.45) is 46.7. The highest BCUT2D eigenvalue weighted by molar-refractivity contribution is 5.76. The molecular weight excluding hydrogens is 506 g/mol. The van der Waals surface area contributed by atoms with Crippen LogP contribution >= 0.6 is 0 Å². The second-order valence-electron chi connectivity index (χ2n) is 10.5. The Morgan fingerprint density at radius 3 is 1.54 bits per heavy atom. The van der Waals surface area contributed by atoms with Crippen molar-refractivity contribution in [3.63, 3.8) is 0 Å². The molecule has 4 nitrogen and oxygen atoms in total. The Labute approximate surface area is 252 Å². The molecule has 0 aromatic carbocycles. The summed E-state index contributed by atoms with van der Waals surface area (Å²) in [7, 11) is 0. The molecule has 0 rings (SSSR count). The van der Waals surface area contributed by atoms with Crippen LogP contribution in [-0.2, 0) is 4.79 Å². The molecule has 0 aromatic rings. The zero-order valence-electron chi connectivity index (χ0n) is 26.3. The van der Waals surface area contributed by atoms with Gasteiger partial charge in [0.15, 0.2) is 0 Å². The van der Waals surface area contributed by atoms with Crippen molar-refractivity contribution >= 4 is 5.91 Å². The zero-order chi connectivity index (χ0) is 30.1. The minimum absolute atomic E-state index is 0.0788. The van der Waals surface area contributed by atoms with E-state index in [4.69, 9.17) is 0 Å². The van der Waals surface area contributed by atoms with Crippen LogP contribution in [0.15, 0.2) is 85.1 Å². The number of hydrogen-bond donors (Lipinski definition) is 3. The van der Waals surface area contributed by atoms with Crippen LogP contribution in [-0.4, -0.2) is 34.9 Å². The first-order chi connectivity index (χ1) is 20.2. The Hall–Kier alpha value is -2.43. The van der Waals surface area contributed by atoms with E-state index in [2.05, 4.69) is 104 Å². The number of aliphatic hydroxyl groups is 2. The van der Waals surface area contributed by atoms with Gasteiger partial charge < -0.3 is 15.5 Å². The van der Waals surface area contributed by atoms with Crippen LogP contribution in [0.2, 0.25) is 0 Å². The molecule has 0 spiro atoms. The van der Waals surface area contributed by atoms with Gasteiger partial charge in [-0.1, -0.05) is 131 Å². The molecule has 0 saturated heterocycles. The van der Waals surface area contributed by atoms with E-state index in [0.717, 1.165) is 96.3 Å². The molecule has 0 aliphatic heterocycles. The number of hydrogen-bond acceptors (Lipinski definition) is 3. The first kappa shape index (κ1) is 38.6. The van der Waals surface area contributed by atoms with Crippen LogP contribution in [0.5, 0.6) is 0 Å². The summed E-state index contributed by atoms with van der Waals surface area (Å²) in [4.78, 5) is 12.2. The Bertz CT molecular complexity index is 788. The summed E-state index contributed by atoms with van der Waals surface area (Å²) < 4.78 is 0. The van der Waals surface area contributed by atoms with Crippen molar-refractivity contribution in [2.45, 2.75) is 135 Å². The molecule has 3 N–H and O–H groups in total.